The van der Waals surface area contributed by atoms with E-state index in [0.717, 1.165) is 30.8 Å². The molecule has 0 saturated carbocycles. The largest absolute Gasteiger partial charge is 0.494 e. The smallest absolute Gasteiger partial charge is 0.119 e. The topological polar surface area (TPSA) is 9.23 Å². The predicted molar refractivity (Wildman–Crippen MR) is 59.3 cm³/mol. The summed E-state index contributed by atoms with van der Waals surface area (Å²) in [6, 6.07) is 7.54. The van der Waals surface area contributed by atoms with Crippen molar-refractivity contribution in [3.05, 3.63) is 42.5 Å². The van der Waals surface area contributed by atoms with Crippen molar-refractivity contribution < 1.29 is 4.74 Å². The summed E-state index contributed by atoms with van der Waals surface area (Å²) in [5, 5.41) is 0. The van der Waals surface area contributed by atoms with Crippen LogP contribution in [0.25, 0.3) is 0 Å². The maximum absolute atomic E-state index is 5.49. The molecule has 1 rings (SSSR count). The molecule has 14 heavy (non-hydrogen) atoms. The highest BCUT2D eigenvalue weighted by Crippen LogP contribution is 2.11. The average Bonchev–Trinajstić information content (AvgIpc) is 2.25. The number of allylic oxidation sites excluding steroid dienone is 1. The molecule has 0 aliphatic carbocycles. The first-order valence-corrected chi connectivity index (χ1v) is 4.67. The molecule has 0 aromatic heterocycles. The van der Waals surface area contributed by atoms with Crippen LogP contribution in [-0.4, -0.2) is 6.61 Å². The van der Waals surface area contributed by atoms with Crippen LogP contribution in [0.5, 0.6) is 5.75 Å². The Morgan fingerprint density at radius 1 is 1.36 bits per heavy atom. The summed E-state index contributed by atoms with van der Waals surface area (Å²) >= 11 is 0. The average molecular weight is 186 g/mol. The van der Waals surface area contributed by atoms with E-state index in [9.17, 15) is 0 Å². The second kappa shape index (κ2) is 5.88. The van der Waals surface area contributed by atoms with Crippen molar-refractivity contribution in [3.8, 4) is 18.1 Å². The summed E-state index contributed by atoms with van der Waals surface area (Å²) in [5.41, 5.74) is 0.878. The molecule has 0 aliphatic heterocycles. The van der Waals surface area contributed by atoms with Gasteiger partial charge < -0.3 is 4.74 Å². The van der Waals surface area contributed by atoms with Crippen LogP contribution >= 0.6 is 0 Å². The van der Waals surface area contributed by atoms with E-state index in [0.29, 0.717) is 0 Å². The molecule has 0 fully saturated rings. The van der Waals surface area contributed by atoms with Crippen molar-refractivity contribution in [1.29, 1.82) is 0 Å². The van der Waals surface area contributed by atoms with Gasteiger partial charge in [-0.25, -0.2) is 0 Å². The number of benzene rings is 1. The molecule has 0 bridgehead atoms. The molecule has 1 aromatic rings. The van der Waals surface area contributed by atoms with Crippen LogP contribution in [0.15, 0.2) is 36.9 Å². The van der Waals surface area contributed by atoms with Crippen LogP contribution in [0.3, 0.4) is 0 Å². The van der Waals surface area contributed by atoms with Gasteiger partial charge in [0.1, 0.15) is 5.75 Å². The Kier molecular flexibility index (Phi) is 4.37. The molecule has 0 saturated heterocycles. The summed E-state index contributed by atoms with van der Waals surface area (Å²) in [5.74, 6) is 3.43. The lowest BCUT2D eigenvalue weighted by Gasteiger charge is -2.04. The first-order chi connectivity index (χ1) is 6.86. The number of hydrogen-bond acceptors (Lipinski definition) is 1. The molecule has 0 heterocycles. The van der Waals surface area contributed by atoms with Gasteiger partial charge in [-0.2, -0.15) is 0 Å². The third-order valence-corrected chi connectivity index (χ3v) is 1.84. The van der Waals surface area contributed by atoms with Gasteiger partial charge in [0.15, 0.2) is 0 Å². The third-order valence-electron chi connectivity index (χ3n) is 1.84. The maximum atomic E-state index is 5.49. The summed E-state index contributed by atoms with van der Waals surface area (Å²) in [7, 11) is 0. The van der Waals surface area contributed by atoms with Crippen LogP contribution < -0.4 is 4.74 Å². The lowest BCUT2D eigenvalue weighted by molar-refractivity contribution is 0.312. The molecule has 1 aromatic carbocycles. The fourth-order valence-electron chi connectivity index (χ4n) is 1.07. The molecule has 0 amide bonds. The van der Waals surface area contributed by atoms with Crippen LogP contribution in [0, 0.1) is 12.3 Å². The Morgan fingerprint density at radius 2 is 2.07 bits per heavy atom. The first-order valence-electron chi connectivity index (χ1n) is 4.67. The van der Waals surface area contributed by atoms with Crippen molar-refractivity contribution in [2.24, 2.45) is 0 Å². The Hall–Kier alpha value is -1.68. The van der Waals surface area contributed by atoms with Gasteiger partial charge in [0, 0.05) is 5.56 Å². The molecule has 1 heteroatoms. The fourth-order valence-corrected chi connectivity index (χ4v) is 1.07. The summed E-state index contributed by atoms with van der Waals surface area (Å²) < 4.78 is 5.49. The zero-order chi connectivity index (χ0) is 10.2. The molecule has 72 valence electrons. The summed E-state index contributed by atoms with van der Waals surface area (Å²) in [6.07, 6.45) is 9.12. The van der Waals surface area contributed by atoms with Crippen molar-refractivity contribution in [2.75, 3.05) is 6.61 Å². The summed E-state index contributed by atoms with van der Waals surface area (Å²) in [4.78, 5) is 0. The number of hydrogen-bond donors (Lipinski definition) is 0. The molecule has 0 unspecified atom stereocenters. The second-order valence-corrected chi connectivity index (χ2v) is 2.95. The maximum Gasteiger partial charge on any atom is 0.119 e. The highest BCUT2D eigenvalue weighted by molar-refractivity contribution is 5.36. The van der Waals surface area contributed by atoms with Gasteiger partial charge in [-0.15, -0.1) is 13.0 Å². The number of unbranched alkanes of at least 4 members (excludes halogenated alkanes) is 1. The Balaban J connectivity index is 2.37. The molecule has 0 radical (unpaired) electrons. The van der Waals surface area contributed by atoms with Crippen LogP contribution in [0.4, 0.5) is 0 Å². The lowest BCUT2D eigenvalue weighted by atomic mass is 10.2. The summed E-state index contributed by atoms with van der Waals surface area (Å²) in [6.45, 7) is 4.37. The zero-order valence-electron chi connectivity index (χ0n) is 8.20. The van der Waals surface area contributed by atoms with E-state index in [2.05, 4.69) is 12.5 Å². The Morgan fingerprint density at radius 3 is 2.64 bits per heavy atom. The highest BCUT2D eigenvalue weighted by atomic mass is 16.5. The van der Waals surface area contributed by atoms with E-state index in [1.807, 2.05) is 30.3 Å². The molecule has 0 atom stereocenters. The minimum atomic E-state index is 0.724. The quantitative estimate of drug-likeness (QED) is 0.390. The van der Waals surface area contributed by atoms with E-state index >= 15 is 0 Å². The van der Waals surface area contributed by atoms with Gasteiger partial charge in [-0.1, -0.05) is 12.0 Å². The standard InChI is InChI=1S/C13H14O/c1-3-5-6-11-14-13-9-7-12(4-2)8-10-13/h2-3,7-10H,1,5-6,11H2. The van der Waals surface area contributed by atoms with Crippen molar-refractivity contribution in [3.63, 3.8) is 0 Å². The number of rotatable bonds is 5. The van der Waals surface area contributed by atoms with Crippen LogP contribution in [-0.2, 0) is 0 Å². The van der Waals surface area contributed by atoms with Gasteiger partial charge in [0.05, 0.1) is 6.61 Å². The van der Waals surface area contributed by atoms with E-state index < -0.39 is 0 Å². The van der Waals surface area contributed by atoms with E-state index in [4.69, 9.17) is 11.2 Å². The SMILES string of the molecule is C#Cc1ccc(OCCCC=C)cc1. The van der Waals surface area contributed by atoms with Gasteiger partial charge >= 0.3 is 0 Å². The second-order valence-electron chi connectivity index (χ2n) is 2.95. The van der Waals surface area contributed by atoms with Crippen LogP contribution in [0.1, 0.15) is 18.4 Å². The van der Waals surface area contributed by atoms with E-state index in [-0.39, 0.29) is 0 Å². The van der Waals surface area contributed by atoms with E-state index in [1.54, 1.807) is 0 Å². The fraction of sp³-hybridized carbons (Fsp3) is 0.231. The monoisotopic (exact) mass is 186 g/mol. The molecular weight excluding hydrogens is 172 g/mol. The zero-order valence-corrected chi connectivity index (χ0v) is 8.20. The van der Waals surface area contributed by atoms with Gasteiger partial charge in [-0.3, -0.25) is 0 Å². The van der Waals surface area contributed by atoms with Crippen molar-refractivity contribution >= 4 is 0 Å². The van der Waals surface area contributed by atoms with Gasteiger partial charge in [0.25, 0.3) is 0 Å². The van der Waals surface area contributed by atoms with Crippen LogP contribution in [0.2, 0.25) is 0 Å². The van der Waals surface area contributed by atoms with Crippen molar-refractivity contribution in [1.82, 2.24) is 0 Å². The van der Waals surface area contributed by atoms with Gasteiger partial charge in [-0.05, 0) is 37.1 Å². The molecule has 0 aliphatic rings. The minimum Gasteiger partial charge on any atom is -0.494 e. The van der Waals surface area contributed by atoms with E-state index in [1.165, 1.54) is 0 Å². The molecular formula is C13H14O. The Labute approximate surface area is 85.4 Å². The third kappa shape index (κ3) is 3.37. The normalized spacial score (nSPS) is 9.07. The first kappa shape index (κ1) is 10.4. The number of ether oxygens (including phenoxy) is 1. The highest BCUT2D eigenvalue weighted by Gasteiger charge is 1.92. The lowest BCUT2D eigenvalue weighted by Crippen LogP contribution is -1.96. The Bertz CT molecular complexity index is 316. The minimum absolute atomic E-state index is 0.724. The van der Waals surface area contributed by atoms with Gasteiger partial charge in [0.2, 0.25) is 0 Å². The molecule has 0 N–H and O–H groups in total. The van der Waals surface area contributed by atoms with Crippen molar-refractivity contribution in [2.45, 2.75) is 12.8 Å². The molecule has 1 nitrogen and oxygen atoms in total. The molecule has 0 spiro atoms. The predicted octanol–water partition coefficient (Wildman–Crippen LogP) is 3.01. The number of terminal acetylenes is 1.